The molecule has 0 radical (unpaired) electrons. The topological polar surface area (TPSA) is 71.9 Å². The highest BCUT2D eigenvalue weighted by Crippen LogP contribution is 2.24. The molecular weight excluding hydrogens is 376 g/mol. The SMILES string of the molecule is C1OC1CC1CO1.C1OC1CC1CO1.C=C=C.C[SiH](C)CCCOCC1CO1. The Bertz CT molecular complexity index is 388. The maximum Gasteiger partial charge on any atom is 0.104 e. The highest BCUT2D eigenvalue weighted by atomic mass is 28.3. The first-order valence-corrected chi connectivity index (χ1v) is 13.7. The fraction of sp³-hybridized carbons (Fsp3) is 0.857. The van der Waals surface area contributed by atoms with Crippen LogP contribution in [-0.2, 0) is 28.4 Å². The van der Waals surface area contributed by atoms with Crippen LogP contribution in [0.25, 0.3) is 0 Å². The Morgan fingerprint density at radius 2 is 1.14 bits per heavy atom. The quantitative estimate of drug-likeness (QED) is 0.237. The molecule has 5 saturated heterocycles. The molecule has 0 spiro atoms. The highest BCUT2D eigenvalue weighted by molar-refractivity contribution is 6.55. The van der Waals surface area contributed by atoms with Crippen LogP contribution in [0.5, 0.6) is 0 Å². The van der Waals surface area contributed by atoms with E-state index < -0.39 is 0 Å². The minimum absolute atomic E-state index is 0.333. The molecular formula is C21H38O6Si. The van der Waals surface area contributed by atoms with Crippen LogP contribution in [0.1, 0.15) is 19.3 Å². The van der Waals surface area contributed by atoms with Crippen molar-refractivity contribution in [2.45, 2.75) is 68.9 Å². The van der Waals surface area contributed by atoms with Gasteiger partial charge in [-0.05, 0) is 6.42 Å². The van der Waals surface area contributed by atoms with Crippen LogP contribution in [0.15, 0.2) is 18.9 Å². The molecule has 0 bridgehead atoms. The highest BCUT2D eigenvalue weighted by Gasteiger charge is 2.33. The molecule has 0 aromatic rings. The van der Waals surface area contributed by atoms with E-state index in [0.717, 1.165) is 59.1 Å². The van der Waals surface area contributed by atoms with Crippen molar-refractivity contribution in [3.8, 4) is 0 Å². The van der Waals surface area contributed by atoms with E-state index in [0.29, 0.717) is 30.5 Å². The van der Waals surface area contributed by atoms with Gasteiger partial charge >= 0.3 is 0 Å². The van der Waals surface area contributed by atoms with Gasteiger partial charge in [0.25, 0.3) is 0 Å². The van der Waals surface area contributed by atoms with E-state index in [1.54, 1.807) is 0 Å². The molecule has 7 heteroatoms. The lowest BCUT2D eigenvalue weighted by molar-refractivity contribution is 0.117. The Hall–Kier alpha value is -0.503. The first kappa shape index (κ1) is 23.8. The lowest BCUT2D eigenvalue weighted by Crippen LogP contribution is -2.05. The Labute approximate surface area is 171 Å². The minimum Gasteiger partial charge on any atom is -0.379 e. The van der Waals surface area contributed by atoms with Gasteiger partial charge in [0.1, 0.15) is 6.10 Å². The molecule has 5 unspecified atom stereocenters. The van der Waals surface area contributed by atoms with Crippen molar-refractivity contribution in [2.75, 3.05) is 46.2 Å². The summed E-state index contributed by atoms with van der Waals surface area (Å²) in [7, 11) is -0.333. The molecule has 5 atom stereocenters. The summed E-state index contributed by atoms with van der Waals surface area (Å²) >= 11 is 0. The molecule has 5 rings (SSSR count). The Kier molecular flexibility index (Phi) is 11.6. The van der Waals surface area contributed by atoms with Gasteiger partial charge in [-0.25, -0.2) is 0 Å². The molecule has 0 N–H and O–H groups in total. The average molecular weight is 415 g/mol. The summed E-state index contributed by atoms with van der Waals surface area (Å²) in [6.45, 7) is 17.6. The zero-order valence-corrected chi connectivity index (χ0v) is 18.8. The second kappa shape index (κ2) is 13.7. The standard InChI is InChI=1S/C8H18O2Si.2C5H8O2.C3H4/c1-11(2)5-3-4-9-6-8-7-10-8;2*1(4-2-6-4)5-3-7-5;1-3-2/h8,11H,3-7H2,1-2H3;2*4-5H,1-3H2;1-2H2. The molecule has 0 aromatic carbocycles. The van der Waals surface area contributed by atoms with Crippen molar-refractivity contribution in [1.82, 2.24) is 0 Å². The van der Waals surface area contributed by atoms with E-state index in [9.17, 15) is 0 Å². The molecule has 5 heterocycles. The fourth-order valence-electron chi connectivity index (χ4n) is 2.38. The number of rotatable bonds is 10. The predicted octanol–water partition coefficient (Wildman–Crippen LogP) is 2.58. The van der Waals surface area contributed by atoms with Gasteiger partial charge < -0.3 is 28.4 Å². The molecule has 6 nitrogen and oxygen atoms in total. The van der Waals surface area contributed by atoms with Crippen molar-refractivity contribution in [3.05, 3.63) is 18.9 Å². The van der Waals surface area contributed by atoms with E-state index in [-0.39, 0.29) is 8.80 Å². The summed E-state index contributed by atoms with van der Waals surface area (Å²) in [6, 6.07) is 1.41. The van der Waals surface area contributed by atoms with E-state index in [1.165, 1.54) is 12.5 Å². The minimum atomic E-state index is -0.333. The molecule has 5 fully saturated rings. The second-order valence-corrected chi connectivity index (χ2v) is 11.5. The molecule has 5 aliphatic heterocycles. The average Bonchev–Trinajstić information content (AvgIpc) is 3.47. The van der Waals surface area contributed by atoms with Crippen LogP contribution in [-0.4, -0.2) is 85.6 Å². The van der Waals surface area contributed by atoms with Gasteiger partial charge in [-0.3, -0.25) is 0 Å². The molecule has 0 aromatic heterocycles. The lowest BCUT2D eigenvalue weighted by Gasteiger charge is -2.03. The second-order valence-electron chi connectivity index (χ2n) is 8.11. The summed E-state index contributed by atoms with van der Waals surface area (Å²) in [5.41, 5.74) is 2.25. The molecule has 0 saturated carbocycles. The van der Waals surface area contributed by atoms with Gasteiger partial charge in [0, 0.05) is 28.2 Å². The van der Waals surface area contributed by atoms with Crippen molar-refractivity contribution in [2.24, 2.45) is 0 Å². The third-order valence-electron chi connectivity index (χ3n) is 4.44. The van der Waals surface area contributed by atoms with Gasteiger partial charge in [0.2, 0.25) is 0 Å². The summed E-state index contributed by atoms with van der Waals surface area (Å²) in [4.78, 5) is 0. The van der Waals surface area contributed by atoms with Crippen LogP contribution < -0.4 is 0 Å². The van der Waals surface area contributed by atoms with Crippen LogP contribution in [0.4, 0.5) is 0 Å². The van der Waals surface area contributed by atoms with Crippen molar-refractivity contribution < 1.29 is 28.4 Å². The zero-order valence-electron chi connectivity index (χ0n) is 17.6. The summed E-state index contributed by atoms with van der Waals surface area (Å²) < 4.78 is 30.3. The van der Waals surface area contributed by atoms with Crippen LogP contribution in [0, 0.1) is 0 Å². The van der Waals surface area contributed by atoms with Gasteiger partial charge in [0.15, 0.2) is 0 Å². The predicted molar refractivity (Wildman–Crippen MR) is 112 cm³/mol. The maximum atomic E-state index is 5.41. The van der Waals surface area contributed by atoms with Crippen LogP contribution >= 0.6 is 0 Å². The smallest absolute Gasteiger partial charge is 0.104 e. The monoisotopic (exact) mass is 414 g/mol. The van der Waals surface area contributed by atoms with Crippen molar-refractivity contribution in [1.29, 1.82) is 0 Å². The summed E-state index contributed by atoms with van der Waals surface area (Å²) in [5.74, 6) is 0. The molecule has 0 aliphatic carbocycles. The van der Waals surface area contributed by atoms with Crippen LogP contribution in [0.2, 0.25) is 19.1 Å². The third-order valence-corrected chi connectivity index (χ3v) is 6.00. The fourth-order valence-corrected chi connectivity index (χ4v) is 3.36. The van der Waals surface area contributed by atoms with Crippen LogP contribution in [0.3, 0.4) is 0 Å². The number of ether oxygens (including phenoxy) is 6. The summed E-state index contributed by atoms with van der Waals surface area (Å²) in [6.07, 6.45) is 6.21. The van der Waals surface area contributed by atoms with Gasteiger partial charge in [-0.15, -0.1) is 5.73 Å². The molecule has 5 aliphatic rings. The summed E-state index contributed by atoms with van der Waals surface area (Å²) in [5, 5.41) is 0. The maximum absolute atomic E-state index is 5.41. The van der Waals surface area contributed by atoms with Gasteiger partial charge in [-0.2, -0.15) is 0 Å². The largest absolute Gasteiger partial charge is 0.379 e. The van der Waals surface area contributed by atoms with E-state index >= 15 is 0 Å². The molecule has 162 valence electrons. The van der Waals surface area contributed by atoms with Crippen molar-refractivity contribution >= 4 is 8.80 Å². The normalized spacial score (nSPS) is 32.3. The van der Waals surface area contributed by atoms with E-state index in [1.807, 2.05) is 0 Å². The first-order valence-electron chi connectivity index (χ1n) is 10.6. The van der Waals surface area contributed by atoms with E-state index in [4.69, 9.17) is 28.4 Å². The van der Waals surface area contributed by atoms with Crippen molar-refractivity contribution in [3.63, 3.8) is 0 Å². The number of epoxide rings is 5. The number of hydrogen-bond donors (Lipinski definition) is 0. The molecule has 0 amide bonds. The Balaban J connectivity index is 0.000000144. The third kappa shape index (κ3) is 16.5. The zero-order chi connectivity index (χ0) is 20.2. The van der Waals surface area contributed by atoms with E-state index in [2.05, 4.69) is 32.0 Å². The van der Waals surface area contributed by atoms with Gasteiger partial charge in [-0.1, -0.05) is 32.3 Å². The number of hydrogen-bond acceptors (Lipinski definition) is 6. The Morgan fingerprint density at radius 3 is 1.43 bits per heavy atom. The lowest BCUT2D eigenvalue weighted by atomic mass is 10.3. The van der Waals surface area contributed by atoms with Gasteiger partial charge in [0.05, 0.1) is 64.1 Å². The Morgan fingerprint density at radius 1 is 0.786 bits per heavy atom. The first-order chi connectivity index (χ1) is 13.6. The molecule has 28 heavy (non-hydrogen) atoms.